The highest BCUT2D eigenvalue weighted by molar-refractivity contribution is 5.93. The van der Waals surface area contributed by atoms with Crippen molar-refractivity contribution in [2.45, 2.75) is 33.1 Å². The zero-order chi connectivity index (χ0) is 18.0. The molecular formula is C20H21FN2O2. The number of hydrogen-bond donors (Lipinski definition) is 1. The molecule has 130 valence electrons. The van der Waals surface area contributed by atoms with Gasteiger partial charge in [0.1, 0.15) is 5.82 Å². The molecule has 0 radical (unpaired) electrons. The summed E-state index contributed by atoms with van der Waals surface area (Å²) in [5.74, 6) is -0.415. The molecule has 0 spiro atoms. The van der Waals surface area contributed by atoms with E-state index in [1.54, 1.807) is 32.2 Å². The minimum absolute atomic E-state index is 0.236. The van der Waals surface area contributed by atoms with Crippen molar-refractivity contribution >= 4 is 23.4 Å². The largest absolute Gasteiger partial charge is 0.461 e. The average molecular weight is 340 g/mol. The van der Waals surface area contributed by atoms with E-state index in [1.807, 2.05) is 12.2 Å². The van der Waals surface area contributed by atoms with Crippen molar-refractivity contribution < 1.29 is 13.9 Å². The van der Waals surface area contributed by atoms with Gasteiger partial charge in [-0.2, -0.15) is 0 Å². The van der Waals surface area contributed by atoms with Gasteiger partial charge in [0, 0.05) is 11.3 Å². The van der Waals surface area contributed by atoms with E-state index in [-0.39, 0.29) is 11.7 Å². The molecule has 1 aromatic heterocycles. The summed E-state index contributed by atoms with van der Waals surface area (Å²) in [7, 11) is 0. The van der Waals surface area contributed by atoms with E-state index in [2.05, 4.69) is 17.2 Å². The molecule has 1 aliphatic rings. The molecular weight excluding hydrogens is 319 g/mol. The van der Waals surface area contributed by atoms with Crippen LogP contribution < -0.4 is 5.32 Å². The molecule has 0 saturated carbocycles. The van der Waals surface area contributed by atoms with Crippen LogP contribution in [0.25, 0.3) is 6.08 Å². The van der Waals surface area contributed by atoms with E-state index in [0.29, 0.717) is 17.9 Å². The maximum atomic E-state index is 13.5. The number of nitrogens with zero attached hydrogens (tertiary/aromatic N) is 1. The Morgan fingerprint density at radius 3 is 2.96 bits per heavy atom. The van der Waals surface area contributed by atoms with Crippen LogP contribution in [0, 0.1) is 12.7 Å². The lowest BCUT2D eigenvalue weighted by Crippen LogP contribution is -2.15. The molecule has 1 heterocycles. The van der Waals surface area contributed by atoms with Crippen molar-refractivity contribution in [3.63, 3.8) is 0 Å². The first kappa shape index (κ1) is 17.1. The number of fused-ring (bicyclic) bond motifs is 1. The fourth-order valence-corrected chi connectivity index (χ4v) is 3.09. The summed E-state index contributed by atoms with van der Waals surface area (Å²) in [6.07, 6.45) is 6.51. The zero-order valence-corrected chi connectivity index (χ0v) is 14.6. The normalized spacial score (nSPS) is 15.6. The molecule has 3 rings (SSSR count). The highest BCUT2D eigenvalue weighted by Gasteiger charge is 2.24. The van der Waals surface area contributed by atoms with Crippen LogP contribution in [-0.2, 0) is 4.74 Å². The number of pyridine rings is 1. The number of nitrogens with one attached hydrogen (secondary N) is 1. The van der Waals surface area contributed by atoms with Gasteiger partial charge in [-0.15, -0.1) is 0 Å². The Morgan fingerprint density at radius 1 is 1.44 bits per heavy atom. The van der Waals surface area contributed by atoms with Gasteiger partial charge in [-0.05, 0) is 55.5 Å². The van der Waals surface area contributed by atoms with E-state index in [0.717, 1.165) is 28.9 Å². The molecule has 1 atom stereocenters. The Morgan fingerprint density at radius 2 is 2.24 bits per heavy atom. The Labute approximate surface area is 146 Å². The first-order valence-corrected chi connectivity index (χ1v) is 8.41. The number of aromatic nitrogens is 1. The lowest BCUT2D eigenvalue weighted by Gasteiger charge is -2.23. The molecule has 0 bridgehead atoms. The number of ether oxygens (including phenoxy) is 1. The predicted octanol–water partition coefficient (Wildman–Crippen LogP) is 4.97. The molecule has 0 saturated heterocycles. The van der Waals surface area contributed by atoms with Crippen molar-refractivity contribution in [2.24, 2.45) is 0 Å². The van der Waals surface area contributed by atoms with Crippen LogP contribution >= 0.6 is 0 Å². The molecule has 25 heavy (non-hydrogen) atoms. The summed E-state index contributed by atoms with van der Waals surface area (Å²) in [6.45, 7) is 5.92. The van der Waals surface area contributed by atoms with Crippen LogP contribution in [0.5, 0.6) is 0 Å². The first-order chi connectivity index (χ1) is 12.0. The zero-order valence-electron chi connectivity index (χ0n) is 14.6. The van der Waals surface area contributed by atoms with Crippen molar-refractivity contribution in [1.82, 2.24) is 4.98 Å². The third kappa shape index (κ3) is 3.40. The number of anilines is 2. The summed E-state index contributed by atoms with van der Waals surface area (Å²) < 4.78 is 18.6. The second kappa shape index (κ2) is 7.05. The molecule has 2 aromatic rings. The van der Waals surface area contributed by atoms with Gasteiger partial charge in [0.15, 0.2) is 5.69 Å². The van der Waals surface area contributed by atoms with Crippen LogP contribution in [-0.4, -0.2) is 17.6 Å². The third-order valence-electron chi connectivity index (χ3n) is 4.33. The number of carbonyl (C=O) groups excluding carboxylic acids is 1. The lowest BCUT2D eigenvalue weighted by molar-refractivity contribution is 0.0519. The van der Waals surface area contributed by atoms with Crippen LogP contribution in [0.3, 0.4) is 0 Å². The Hall–Kier alpha value is -2.69. The van der Waals surface area contributed by atoms with Gasteiger partial charge < -0.3 is 10.1 Å². The molecule has 0 fully saturated rings. The van der Waals surface area contributed by atoms with E-state index in [9.17, 15) is 9.18 Å². The fourth-order valence-electron chi connectivity index (χ4n) is 3.09. The van der Waals surface area contributed by atoms with E-state index >= 15 is 0 Å². The third-order valence-corrected chi connectivity index (χ3v) is 4.33. The average Bonchev–Trinajstić information content (AvgIpc) is 2.58. The van der Waals surface area contributed by atoms with E-state index in [1.165, 1.54) is 6.07 Å². The molecule has 1 aliphatic carbocycles. The van der Waals surface area contributed by atoms with Crippen LogP contribution in [0.2, 0.25) is 0 Å². The Bertz CT molecular complexity index is 846. The van der Waals surface area contributed by atoms with Gasteiger partial charge in [-0.25, -0.2) is 14.2 Å². The number of esters is 1. The van der Waals surface area contributed by atoms with E-state index < -0.39 is 5.97 Å². The summed E-state index contributed by atoms with van der Waals surface area (Å²) in [5, 5.41) is 3.31. The standard InChI is InChI=1S/C20H21FN2O2/c1-4-25-20(24)19-15-7-5-6-12(2)18(15)17(11-22-19)23-14-8-9-16(21)13(3)10-14/h5,7-12,23H,4,6H2,1-3H3. The monoisotopic (exact) mass is 340 g/mol. The van der Waals surface area contributed by atoms with Crippen LogP contribution in [0.1, 0.15) is 53.4 Å². The van der Waals surface area contributed by atoms with Crippen molar-refractivity contribution in [1.29, 1.82) is 0 Å². The number of carbonyl (C=O) groups is 1. The van der Waals surface area contributed by atoms with Gasteiger partial charge in [0.2, 0.25) is 0 Å². The van der Waals surface area contributed by atoms with Crippen molar-refractivity contribution in [3.05, 3.63) is 58.7 Å². The summed E-state index contributed by atoms with van der Waals surface area (Å²) in [4.78, 5) is 16.5. The maximum absolute atomic E-state index is 13.5. The topological polar surface area (TPSA) is 51.2 Å². The highest BCUT2D eigenvalue weighted by atomic mass is 19.1. The molecule has 0 aliphatic heterocycles. The van der Waals surface area contributed by atoms with Gasteiger partial charge >= 0.3 is 5.97 Å². The van der Waals surface area contributed by atoms with Crippen molar-refractivity contribution in [2.75, 3.05) is 11.9 Å². The smallest absolute Gasteiger partial charge is 0.357 e. The number of benzene rings is 1. The molecule has 0 amide bonds. The predicted molar refractivity (Wildman–Crippen MR) is 96.7 cm³/mol. The molecule has 4 nitrogen and oxygen atoms in total. The van der Waals surface area contributed by atoms with Gasteiger partial charge in [0.05, 0.1) is 18.5 Å². The van der Waals surface area contributed by atoms with Gasteiger partial charge in [0.25, 0.3) is 0 Å². The SMILES string of the molecule is CCOC(=O)c1ncc(Nc2ccc(F)c(C)c2)c2c1C=CCC2C. The minimum atomic E-state index is -0.415. The quantitative estimate of drug-likeness (QED) is 0.798. The van der Waals surface area contributed by atoms with E-state index in [4.69, 9.17) is 4.74 Å². The number of halogens is 1. The van der Waals surface area contributed by atoms with Crippen molar-refractivity contribution in [3.8, 4) is 0 Å². The van der Waals surface area contributed by atoms with Gasteiger partial charge in [-0.3, -0.25) is 0 Å². The fraction of sp³-hybridized carbons (Fsp3) is 0.300. The number of hydrogen-bond acceptors (Lipinski definition) is 4. The maximum Gasteiger partial charge on any atom is 0.357 e. The molecule has 5 heteroatoms. The molecule has 1 N–H and O–H groups in total. The lowest BCUT2D eigenvalue weighted by atomic mass is 9.86. The first-order valence-electron chi connectivity index (χ1n) is 8.41. The second-order valence-electron chi connectivity index (χ2n) is 6.20. The Kier molecular flexibility index (Phi) is 4.83. The van der Waals surface area contributed by atoms with Gasteiger partial charge in [-0.1, -0.05) is 19.1 Å². The summed E-state index contributed by atoms with van der Waals surface area (Å²) in [5.41, 5.74) is 4.34. The Balaban J connectivity index is 2.04. The molecule has 1 aromatic carbocycles. The van der Waals surface area contributed by atoms with Crippen LogP contribution in [0.4, 0.5) is 15.8 Å². The minimum Gasteiger partial charge on any atom is -0.461 e. The number of allylic oxidation sites excluding steroid dienone is 1. The molecule has 1 unspecified atom stereocenters. The highest BCUT2D eigenvalue weighted by Crippen LogP contribution is 2.37. The number of rotatable bonds is 4. The van der Waals surface area contributed by atoms with Crippen LogP contribution in [0.15, 0.2) is 30.5 Å². The second-order valence-corrected chi connectivity index (χ2v) is 6.20. The summed E-state index contributed by atoms with van der Waals surface area (Å²) >= 11 is 0. The number of aryl methyl sites for hydroxylation is 1. The summed E-state index contributed by atoms with van der Waals surface area (Å²) in [6, 6.07) is 4.88.